The maximum absolute atomic E-state index is 6.39. The first-order valence-electron chi connectivity index (χ1n) is 13.8. The van der Waals surface area contributed by atoms with E-state index in [0.29, 0.717) is 36.2 Å². The third kappa shape index (κ3) is 7.75. The van der Waals surface area contributed by atoms with Crippen molar-refractivity contribution >= 4 is 24.3 Å². The molecule has 0 saturated carbocycles. The van der Waals surface area contributed by atoms with Gasteiger partial charge in [-0.2, -0.15) is 0 Å². The summed E-state index contributed by atoms with van der Waals surface area (Å²) >= 11 is 0. The van der Waals surface area contributed by atoms with Gasteiger partial charge in [-0.15, -0.1) is 0 Å². The van der Waals surface area contributed by atoms with E-state index >= 15 is 0 Å². The highest BCUT2D eigenvalue weighted by Gasteiger charge is 2.16. The second kappa shape index (κ2) is 16.1. The number of hydrogen-bond acceptors (Lipinski definition) is 6. The van der Waals surface area contributed by atoms with Crippen LogP contribution in [0.3, 0.4) is 0 Å². The summed E-state index contributed by atoms with van der Waals surface area (Å²) in [7, 11) is 6.57. The normalized spacial score (nSPS) is 11.2. The van der Waals surface area contributed by atoms with Crippen LogP contribution in [0.15, 0.2) is 48.5 Å². The minimum Gasteiger partial charge on any atom is -0.493 e. The molecule has 0 aromatic heterocycles. The SMILES string of the molecule is CCCCOc1c(/C=C/c2cccc(OC)c2OC)ccc(/C=C/c2cccc(OC)c2OC)c1OCCCC. The molecular formula is C34H42O6. The Hall–Kier alpha value is -4.06. The fourth-order valence-electron chi connectivity index (χ4n) is 4.24. The van der Waals surface area contributed by atoms with Gasteiger partial charge in [0.2, 0.25) is 0 Å². The van der Waals surface area contributed by atoms with Crippen molar-refractivity contribution in [1.82, 2.24) is 0 Å². The summed E-state index contributed by atoms with van der Waals surface area (Å²) in [5, 5.41) is 0. The molecule has 0 unspecified atom stereocenters. The first-order valence-corrected chi connectivity index (χ1v) is 13.8. The van der Waals surface area contributed by atoms with E-state index < -0.39 is 0 Å². The van der Waals surface area contributed by atoms with Gasteiger partial charge in [0.05, 0.1) is 41.7 Å². The van der Waals surface area contributed by atoms with Crippen molar-refractivity contribution < 1.29 is 28.4 Å². The molecule has 0 aliphatic heterocycles. The van der Waals surface area contributed by atoms with Crippen molar-refractivity contribution in [3.05, 3.63) is 70.8 Å². The quantitative estimate of drug-likeness (QED) is 0.133. The summed E-state index contributed by atoms with van der Waals surface area (Å²) in [5.74, 6) is 4.17. The Morgan fingerprint density at radius 2 is 0.850 bits per heavy atom. The first-order chi connectivity index (χ1) is 19.6. The zero-order valence-electron chi connectivity index (χ0n) is 24.6. The van der Waals surface area contributed by atoms with Gasteiger partial charge >= 0.3 is 0 Å². The lowest BCUT2D eigenvalue weighted by molar-refractivity contribution is 0.261. The van der Waals surface area contributed by atoms with Crippen LogP contribution in [0.2, 0.25) is 0 Å². The van der Waals surface area contributed by atoms with Crippen LogP contribution in [0.25, 0.3) is 24.3 Å². The Labute approximate surface area is 239 Å². The number of rotatable bonds is 16. The molecule has 6 heteroatoms. The zero-order valence-corrected chi connectivity index (χ0v) is 24.6. The van der Waals surface area contributed by atoms with E-state index in [1.54, 1.807) is 28.4 Å². The van der Waals surface area contributed by atoms with E-state index in [2.05, 4.69) is 26.0 Å². The van der Waals surface area contributed by atoms with Crippen molar-refractivity contribution in [3.8, 4) is 34.5 Å². The van der Waals surface area contributed by atoms with E-state index in [1.165, 1.54) is 0 Å². The van der Waals surface area contributed by atoms with E-state index in [1.807, 2.05) is 60.7 Å². The molecule has 0 radical (unpaired) electrons. The van der Waals surface area contributed by atoms with Crippen LogP contribution in [-0.4, -0.2) is 41.7 Å². The maximum atomic E-state index is 6.39. The number of methoxy groups -OCH3 is 4. The van der Waals surface area contributed by atoms with Gasteiger partial charge < -0.3 is 28.4 Å². The summed E-state index contributed by atoms with van der Waals surface area (Å²) in [6.07, 6.45) is 12.0. The van der Waals surface area contributed by atoms with Gasteiger partial charge in [0.1, 0.15) is 0 Å². The fourth-order valence-corrected chi connectivity index (χ4v) is 4.24. The Kier molecular flexibility index (Phi) is 12.3. The van der Waals surface area contributed by atoms with E-state index in [-0.39, 0.29) is 0 Å². The van der Waals surface area contributed by atoms with Crippen molar-refractivity contribution in [2.24, 2.45) is 0 Å². The highest BCUT2D eigenvalue weighted by molar-refractivity contribution is 5.82. The zero-order chi connectivity index (χ0) is 28.7. The average molecular weight is 547 g/mol. The van der Waals surface area contributed by atoms with Gasteiger partial charge in [-0.25, -0.2) is 0 Å². The lowest BCUT2D eigenvalue weighted by Crippen LogP contribution is -2.05. The van der Waals surface area contributed by atoms with E-state index in [4.69, 9.17) is 28.4 Å². The molecule has 6 nitrogen and oxygen atoms in total. The predicted octanol–water partition coefficient (Wildman–Crippen LogP) is 8.42. The molecule has 40 heavy (non-hydrogen) atoms. The van der Waals surface area contributed by atoms with Crippen molar-refractivity contribution in [3.63, 3.8) is 0 Å². The molecule has 214 valence electrons. The topological polar surface area (TPSA) is 55.4 Å². The highest BCUT2D eigenvalue weighted by atomic mass is 16.5. The van der Waals surface area contributed by atoms with Crippen LogP contribution in [0.1, 0.15) is 61.8 Å². The van der Waals surface area contributed by atoms with Crippen LogP contribution in [0.4, 0.5) is 0 Å². The molecule has 0 aliphatic carbocycles. The molecular weight excluding hydrogens is 504 g/mol. The fraction of sp³-hybridized carbons (Fsp3) is 0.353. The summed E-state index contributed by atoms with van der Waals surface area (Å²) in [4.78, 5) is 0. The minimum atomic E-state index is 0.598. The van der Waals surface area contributed by atoms with Crippen molar-refractivity contribution in [2.45, 2.75) is 39.5 Å². The molecule has 0 atom stereocenters. The van der Waals surface area contributed by atoms with Crippen LogP contribution >= 0.6 is 0 Å². The first kappa shape index (κ1) is 30.5. The van der Waals surface area contributed by atoms with E-state index in [9.17, 15) is 0 Å². The molecule has 0 fully saturated rings. The van der Waals surface area contributed by atoms with Crippen LogP contribution in [-0.2, 0) is 0 Å². The second-order valence-electron chi connectivity index (χ2n) is 9.14. The summed E-state index contributed by atoms with van der Waals surface area (Å²) < 4.78 is 35.0. The van der Waals surface area contributed by atoms with E-state index in [0.717, 1.165) is 59.4 Å². The largest absolute Gasteiger partial charge is 0.493 e. The molecule has 3 aromatic rings. The Morgan fingerprint density at radius 3 is 1.18 bits per heavy atom. The monoisotopic (exact) mass is 546 g/mol. The average Bonchev–Trinajstić information content (AvgIpc) is 2.99. The lowest BCUT2D eigenvalue weighted by Gasteiger charge is -2.18. The molecule has 3 aromatic carbocycles. The Morgan fingerprint density at radius 1 is 0.475 bits per heavy atom. The third-order valence-electron chi connectivity index (χ3n) is 6.41. The maximum Gasteiger partial charge on any atom is 0.168 e. The van der Waals surface area contributed by atoms with Crippen molar-refractivity contribution in [2.75, 3.05) is 41.7 Å². The number of ether oxygens (including phenoxy) is 6. The molecule has 0 aliphatic rings. The van der Waals surface area contributed by atoms with Crippen molar-refractivity contribution in [1.29, 1.82) is 0 Å². The molecule has 3 rings (SSSR count). The van der Waals surface area contributed by atoms with Gasteiger partial charge in [-0.1, -0.05) is 87.4 Å². The van der Waals surface area contributed by atoms with Gasteiger partial charge in [0, 0.05) is 22.3 Å². The summed E-state index contributed by atoms with van der Waals surface area (Å²) in [6.45, 7) is 5.50. The van der Waals surface area contributed by atoms with Gasteiger partial charge in [-0.3, -0.25) is 0 Å². The standard InChI is InChI=1S/C34H42O6/c1-7-9-23-39-33-27(19-17-25-13-11-15-29(35-3)31(25)37-5)21-22-28(34(33)40-24-10-8-2)20-18-26-14-12-16-30(36-4)32(26)38-6/h11-22H,7-10,23-24H2,1-6H3/b19-17+,20-18+. The summed E-state index contributed by atoms with van der Waals surface area (Å²) in [5.41, 5.74) is 3.65. The molecule has 0 saturated heterocycles. The number of benzene rings is 3. The molecule has 0 heterocycles. The predicted molar refractivity (Wildman–Crippen MR) is 164 cm³/mol. The van der Waals surface area contributed by atoms with Gasteiger partial charge in [0.25, 0.3) is 0 Å². The van der Waals surface area contributed by atoms with Crippen LogP contribution in [0, 0.1) is 0 Å². The Bertz CT molecular complexity index is 1180. The lowest BCUT2D eigenvalue weighted by atomic mass is 10.0. The summed E-state index contributed by atoms with van der Waals surface area (Å²) in [6, 6.07) is 15.7. The van der Waals surface area contributed by atoms with Gasteiger partial charge in [-0.05, 0) is 25.0 Å². The third-order valence-corrected chi connectivity index (χ3v) is 6.41. The highest BCUT2D eigenvalue weighted by Crippen LogP contribution is 2.40. The number of unbranched alkanes of at least 4 members (excludes halogenated alkanes) is 2. The minimum absolute atomic E-state index is 0.598. The number of hydrogen-bond donors (Lipinski definition) is 0. The molecule has 0 amide bonds. The Balaban J connectivity index is 2.10. The van der Waals surface area contributed by atoms with Gasteiger partial charge in [0.15, 0.2) is 34.5 Å². The molecule has 0 N–H and O–H groups in total. The molecule has 0 bridgehead atoms. The molecule has 0 spiro atoms. The van der Waals surface area contributed by atoms with Crippen LogP contribution < -0.4 is 28.4 Å². The smallest absolute Gasteiger partial charge is 0.168 e. The second-order valence-corrected chi connectivity index (χ2v) is 9.14. The number of para-hydroxylation sites is 2. The van der Waals surface area contributed by atoms with Crippen LogP contribution in [0.5, 0.6) is 34.5 Å².